The molecule has 0 radical (unpaired) electrons. The molecule has 3 heteroatoms. The minimum Gasteiger partial charge on any atom is -0.384 e. The first kappa shape index (κ1) is 15.4. The molecule has 0 saturated heterocycles. The van der Waals surface area contributed by atoms with Gasteiger partial charge in [-0.1, -0.05) is 37.6 Å². The van der Waals surface area contributed by atoms with Crippen LogP contribution in [-0.4, -0.2) is 10.1 Å². The summed E-state index contributed by atoms with van der Waals surface area (Å²) in [5.74, 6) is -0.255. The monoisotopic (exact) mass is 285 g/mol. The van der Waals surface area contributed by atoms with Gasteiger partial charge in [-0.15, -0.1) is 0 Å². The van der Waals surface area contributed by atoms with Crippen molar-refractivity contribution in [3.05, 3.63) is 71.3 Å². The summed E-state index contributed by atoms with van der Waals surface area (Å²) in [4.78, 5) is 4.05. The van der Waals surface area contributed by atoms with E-state index in [0.29, 0.717) is 0 Å². The number of nitrogens with zero attached hydrogens (tertiary/aromatic N) is 1. The highest BCUT2D eigenvalue weighted by Crippen LogP contribution is 2.27. The SMILES string of the molecule is CCCC/C(=C/c1ccc(F)cc1)C(O)c1cccnc1. The molecule has 0 aliphatic heterocycles. The summed E-state index contributed by atoms with van der Waals surface area (Å²) in [6.07, 6.45) is 7.50. The van der Waals surface area contributed by atoms with Crippen LogP contribution in [0.4, 0.5) is 4.39 Å². The number of aliphatic hydroxyl groups excluding tert-OH is 1. The molecular weight excluding hydrogens is 265 g/mol. The van der Waals surface area contributed by atoms with Crippen LogP contribution >= 0.6 is 0 Å². The predicted octanol–water partition coefficient (Wildman–Crippen LogP) is 4.53. The topological polar surface area (TPSA) is 33.1 Å². The number of aliphatic hydroxyl groups is 1. The van der Waals surface area contributed by atoms with Gasteiger partial charge < -0.3 is 5.11 Å². The minimum absolute atomic E-state index is 0.255. The molecule has 0 aliphatic carbocycles. The van der Waals surface area contributed by atoms with Gasteiger partial charge in [0.1, 0.15) is 11.9 Å². The van der Waals surface area contributed by atoms with E-state index in [4.69, 9.17) is 0 Å². The van der Waals surface area contributed by atoms with Crippen molar-refractivity contribution in [2.24, 2.45) is 0 Å². The molecule has 1 heterocycles. The normalized spacial score (nSPS) is 13.2. The van der Waals surface area contributed by atoms with Gasteiger partial charge in [-0.25, -0.2) is 4.39 Å². The van der Waals surface area contributed by atoms with Crippen molar-refractivity contribution in [3.63, 3.8) is 0 Å². The minimum atomic E-state index is -0.671. The number of unbranched alkanes of at least 4 members (excludes halogenated alkanes) is 1. The van der Waals surface area contributed by atoms with Crippen LogP contribution in [0.2, 0.25) is 0 Å². The van der Waals surface area contributed by atoms with E-state index in [9.17, 15) is 9.50 Å². The van der Waals surface area contributed by atoms with Crippen LogP contribution in [0.25, 0.3) is 6.08 Å². The van der Waals surface area contributed by atoms with E-state index in [1.54, 1.807) is 24.5 Å². The van der Waals surface area contributed by atoms with Crippen LogP contribution in [0.5, 0.6) is 0 Å². The van der Waals surface area contributed by atoms with E-state index in [2.05, 4.69) is 11.9 Å². The zero-order valence-electron chi connectivity index (χ0n) is 12.2. The number of benzene rings is 1. The molecule has 2 nitrogen and oxygen atoms in total. The molecule has 2 aromatic rings. The average Bonchev–Trinajstić information content (AvgIpc) is 2.53. The molecule has 21 heavy (non-hydrogen) atoms. The highest BCUT2D eigenvalue weighted by Gasteiger charge is 2.13. The fourth-order valence-electron chi connectivity index (χ4n) is 2.19. The number of pyridine rings is 1. The van der Waals surface area contributed by atoms with Crippen molar-refractivity contribution in [1.82, 2.24) is 4.98 Å². The summed E-state index contributed by atoms with van der Waals surface area (Å²) in [5, 5.41) is 10.5. The molecule has 0 saturated carbocycles. The quantitative estimate of drug-likeness (QED) is 0.846. The number of rotatable bonds is 6. The van der Waals surface area contributed by atoms with Crippen LogP contribution in [0.3, 0.4) is 0 Å². The molecule has 0 spiro atoms. The molecule has 1 N–H and O–H groups in total. The lowest BCUT2D eigenvalue weighted by molar-refractivity contribution is 0.211. The summed E-state index contributed by atoms with van der Waals surface area (Å²) in [5.41, 5.74) is 2.60. The Morgan fingerprint density at radius 3 is 2.67 bits per heavy atom. The first-order valence-corrected chi connectivity index (χ1v) is 7.24. The van der Waals surface area contributed by atoms with Gasteiger partial charge >= 0.3 is 0 Å². The van der Waals surface area contributed by atoms with E-state index in [1.165, 1.54) is 12.1 Å². The first-order valence-electron chi connectivity index (χ1n) is 7.24. The summed E-state index contributed by atoms with van der Waals surface area (Å²) in [6.45, 7) is 2.12. The third-order valence-electron chi connectivity index (χ3n) is 3.39. The molecule has 0 fully saturated rings. The molecule has 0 bridgehead atoms. The van der Waals surface area contributed by atoms with Crippen LogP contribution in [0.1, 0.15) is 43.4 Å². The lowest BCUT2D eigenvalue weighted by Crippen LogP contribution is -2.02. The standard InChI is InChI=1S/C18H20FNO/c1-2-3-5-15(12-14-7-9-17(19)10-8-14)18(21)16-6-4-11-20-13-16/h4,6-13,18,21H,2-3,5H2,1H3/b15-12-. The molecule has 1 unspecified atom stereocenters. The lowest BCUT2D eigenvalue weighted by atomic mass is 9.96. The van der Waals surface area contributed by atoms with Gasteiger partial charge in [-0.2, -0.15) is 0 Å². The third kappa shape index (κ3) is 4.50. The van der Waals surface area contributed by atoms with Gasteiger partial charge in [0.25, 0.3) is 0 Å². The molecule has 1 aromatic carbocycles. The third-order valence-corrected chi connectivity index (χ3v) is 3.39. The van der Waals surface area contributed by atoms with Crippen molar-refractivity contribution >= 4 is 6.08 Å². The van der Waals surface area contributed by atoms with Crippen molar-refractivity contribution in [2.75, 3.05) is 0 Å². The number of aromatic nitrogens is 1. The van der Waals surface area contributed by atoms with Gasteiger partial charge in [-0.3, -0.25) is 4.98 Å². The van der Waals surface area contributed by atoms with Crippen molar-refractivity contribution in [1.29, 1.82) is 0 Å². The Morgan fingerprint density at radius 2 is 2.05 bits per heavy atom. The van der Waals surface area contributed by atoms with Crippen molar-refractivity contribution in [3.8, 4) is 0 Å². The highest BCUT2D eigenvalue weighted by molar-refractivity contribution is 5.54. The van der Waals surface area contributed by atoms with Gasteiger partial charge in [0.15, 0.2) is 0 Å². The van der Waals surface area contributed by atoms with E-state index >= 15 is 0 Å². The predicted molar refractivity (Wildman–Crippen MR) is 83.1 cm³/mol. The maximum Gasteiger partial charge on any atom is 0.123 e. The van der Waals surface area contributed by atoms with Crippen LogP contribution in [0, 0.1) is 5.82 Å². The van der Waals surface area contributed by atoms with Gasteiger partial charge in [0, 0.05) is 18.0 Å². The van der Waals surface area contributed by atoms with Crippen LogP contribution in [-0.2, 0) is 0 Å². The summed E-state index contributed by atoms with van der Waals surface area (Å²) in [6, 6.07) is 9.98. The Kier molecular flexibility index (Phi) is 5.64. The summed E-state index contributed by atoms with van der Waals surface area (Å²) >= 11 is 0. The molecule has 110 valence electrons. The molecular formula is C18H20FNO. The van der Waals surface area contributed by atoms with E-state index in [1.807, 2.05) is 18.2 Å². The zero-order chi connectivity index (χ0) is 15.1. The Morgan fingerprint density at radius 1 is 1.29 bits per heavy atom. The Labute approximate surface area is 125 Å². The fourth-order valence-corrected chi connectivity index (χ4v) is 2.19. The maximum atomic E-state index is 13.0. The van der Waals surface area contributed by atoms with Crippen molar-refractivity contribution in [2.45, 2.75) is 32.3 Å². The number of halogens is 1. The van der Waals surface area contributed by atoms with Crippen LogP contribution < -0.4 is 0 Å². The lowest BCUT2D eigenvalue weighted by Gasteiger charge is -2.15. The van der Waals surface area contributed by atoms with E-state index in [-0.39, 0.29) is 5.82 Å². The first-order chi connectivity index (χ1) is 10.2. The molecule has 1 aromatic heterocycles. The van der Waals surface area contributed by atoms with E-state index in [0.717, 1.165) is 36.0 Å². The second-order valence-corrected chi connectivity index (χ2v) is 5.06. The summed E-state index contributed by atoms with van der Waals surface area (Å²) < 4.78 is 13.0. The second kappa shape index (κ2) is 7.70. The number of hydrogen-bond donors (Lipinski definition) is 1. The largest absolute Gasteiger partial charge is 0.384 e. The molecule has 0 aliphatic rings. The highest BCUT2D eigenvalue weighted by atomic mass is 19.1. The van der Waals surface area contributed by atoms with Crippen LogP contribution in [0.15, 0.2) is 54.4 Å². The smallest absolute Gasteiger partial charge is 0.123 e. The number of hydrogen-bond acceptors (Lipinski definition) is 2. The summed E-state index contributed by atoms with van der Waals surface area (Å²) in [7, 11) is 0. The molecule has 1 atom stereocenters. The maximum absolute atomic E-state index is 13.0. The van der Waals surface area contributed by atoms with Gasteiger partial charge in [0.05, 0.1) is 0 Å². The van der Waals surface area contributed by atoms with Gasteiger partial charge in [-0.05, 0) is 42.2 Å². The van der Waals surface area contributed by atoms with E-state index < -0.39 is 6.10 Å². The molecule has 0 amide bonds. The second-order valence-electron chi connectivity index (χ2n) is 5.06. The fraction of sp³-hybridized carbons (Fsp3) is 0.278. The Bertz CT molecular complexity index is 578. The Balaban J connectivity index is 2.27. The van der Waals surface area contributed by atoms with Gasteiger partial charge in [0.2, 0.25) is 0 Å². The molecule has 2 rings (SSSR count). The zero-order valence-corrected chi connectivity index (χ0v) is 12.2. The van der Waals surface area contributed by atoms with Crippen molar-refractivity contribution < 1.29 is 9.50 Å². The Hall–Kier alpha value is -2.00. The average molecular weight is 285 g/mol.